The predicted octanol–water partition coefficient (Wildman–Crippen LogP) is 6.45. The SMILES string of the molecule is CCCCN1C(=O)C(=O)/C(=C(\O)c2ccc(OCc3ccccc3)c(C)c2)C1c1ccc(Cl)cc1. The zero-order chi connectivity index (χ0) is 24.9. The van der Waals surface area contributed by atoms with Crippen molar-refractivity contribution in [1.29, 1.82) is 0 Å². The fourth-order valence-corrected chi connectivity index (χ4v) is 4.41. The van der Waals surface area contributed by atoms with Gasteiger partial charge in [-0.3, -0.25) is 9.59 Å². The van der Waals surface area contributed by atoms with Crippen LogP contribution in [0, 0.1) is 6.92 Å². The van der Waals surface area contributed by atoms with Gasteiger partial charge in [0.2, 0.25) is 0 Å². The Balaban J connectivity index is 1.69. The first kappa shape index (κ1) is 24.6. The highest BCUT2D eigenvalue weighted by Crippen LogP contribution is 2.40. The maximum atomic E-state index is 13.1. The molecule has 35 heavy (non-hydrogen) atoms. The summed E-state index contributed by atoms with van der Waals surface area (Å²) in [6.07, 6.45) is 1.63. The summed E-state index contributed by atoms with van der Waals surface area (Å²) in [6, 6.07) is 21.5. The number of likely N-dealkylation sites (tertiary alicyclic amines) is 1. The van der Waals surface area contributed by atoms with Crippen molar-refractivity contribution < 1.29 is 19.4 Å². The summed E-state index contributed by atoms with van der Waals surface area (Å²) in [6.45, 7) is 4.76. The number of carbonyl (C=O) groups excluding carboxylic acids is 2. The zero-order valence-corrected chi connectivity index (χ0v) is 20.6. The van der Waals surface area contributed by atoms with Crippen molar-refractivity contribution in [2.24, 2.45) is 0 Å². The number of hydrogen-bond acceptors (Lipinski definition) is 4. The number of Topliss-reactive ketones (excluding diaryl/α,β-unsaturated/α-hetero) is 1. The molecular formula is C29H28ClNO4. The van der Waals surface area contributed by atoms with E-state index in [4.69, 9.17) is 16.3 Å². The molecule has 180 valence electrons. The summed E-state index contributed by atoms with van der Waals surface area (Å²) in [4.78, 5) is 27.6. The molecule has 0 aromatic heterocycles. The largest absolute Gasteiger partial charge is 0.507 e. The molecule has 0 aliphatic carbocycles. The lowest BCUT2D eigenvalue weighted by Gasteiger charge is -2.25. The fourth-order valence-electron chi connectivity index (χ4n) is 4.28. The summed E-state index contributed by atoms with van der Waals surface area (Å²) in [7, 11) is 0. The van der Waals surface area contributed by atoms with Crippen LogP contribution in [0.5, 0.6) is 5.75 Å². The third-order valence-corrected chi connectivity index (χ3v) is 6.42. The van der Waals surface area contributed by atoms with E-state index in [0.29, 0.717) is 29.5 Å². The Morgan fingerprint density at radius 2 is 1.74 bits per heavy atom. The van der Waals surface area contributed by atoms with Crippen molar-refractivity contribution in [3.8, 4) is 5.75 Å². The van der Waals surface area contributed by atoms with Crippen LogP contribution >= 0.6 is 11.6 Å². The van der Waals surface area contributed by atoms with Crippen LogP contribution in [0.3, 0.4) is 0 Å². The lowest BCUT2D eigenvalue weighted by molar-refractivity contribution is -0.139. The van der Waals surface area contributed by atoms with Gasteiger partial charge < -0.3 is 14.7 Å². The number of carbonyl (C=O) groups is 2. The molecule has 1 amide bonds. The molecule has 1 saturated heterocycles. The number of rotatable bonds is 8. The molecule has 1 N–H and O–H groups in total. The minimum Gasteiger partial charge on any atom is -0.507 e. The third-order valence-electron chi connectivity index (χ3n) is 6.16. The second kappa shape index (κ2) is 10.8. The highest BCUT2D eigenvalue weighted by Gasteiger charge is 2.45. The van der Waals surface area contributed by atoms with Gasteiger partial charge in [0.15, 0.2) is 0 Å². The van der Waals surface area contributed by atoms with Gasteiger partial charge in [-0.1, -0.05) is 67.4 Å². The second-order valence-electron chi connectivity index (χ2n) is 8.65. The van der Waals surface area contributed by atoms with E-state index < -0.39 is 17.7 Å². The van der Waals surface area contributed by atoms with Crippen molar-refractivity contribution in [2.75, 3.05) is 6.54 Å². The number of halogens is 1. The summed E-state index contributed by atoms with van der Waals surface area (Å²) in [5.74, 6) is -0.789. The van der Waals surface area contributed by atoms with Gasteiger partial charge in [0, 0.05) is 17.1 Å². The summed E-state index contributed by atoms with van der Waals surface area (Å²) in [5.41, 5.74) is 3.14. The molecule has 1 fully saturated rings. The van der Waals surface area contributed by atoms with Crippen molar-refractivity contribution >= 4 is 29.1 Å². The van der Waals surface area contributed by atoms with E-state index in [1.807, 2.05) is 44.2 Å². The van der Waals surface area contributed by atoms with Gasteiger partial charge in [0.05, 0.1) is 11.6 Å². The van der Waals surface area contributed by atoms with Crippen LogP contribution in [-0.2, 0) is 16.2 Å². The maximum absolute atomic E-state index is 13.1. The average molecular weight is 490 g/mol. The van der Waals surface area contributed by atoms with Gasteiger partial charge in [-0.2, -0.15) is 0 Å². The van der Waals surface area contributed by atoms with Crippen LogP contribution in [0.4, 0.5) is 0 Å². The standard InChI is InChI=1S/C29H28ClNO4/c1-3-4-16-31-26(21-10-13-23(30)14-11-21)25(28(33)29(31)34)27(32)22-12-15-24(19(2)17-22)35-18-20-8-6-5-7-9-20/h5-15,17,26,32H,3-4,16,18H2,1-2H3/b27-25-. The first-order valence-electron chi connectivity index (χ1n) is 11.7. The fraction of sp³-hybridized carbons (Fsp3) is 0.241. The van der Waals surface area contributed by atoms with E-state index in [1.54, 1.807) is 47.4 Å². The summed E-state index contributed by atoms with van der Waals surface area (Å²) >= 11 is 6.07. The van der Waals surface area contributed by atoms with Crippen LogP contribution in [0.2, 0.25) is 5.02 Å². The van der Waals surface area contributed by atoms with Gasteiger partial charge in [-0.25, -0.2) is 0 Å². The number of ketones is 1. The Kier molecular flexibility index (Phi) is 7.57. The van der Waals surface area contributed by atoms with E-state index in [2.05, 4.69) is 0 Å². The second-order valence-corrected chi connectivity index (χ2v) is 9.09. The van der Waals surface area contributed by atoms with E-state index in [0.717, 1.165) is 29.5 Å². The number of unbranched alkanes of at least 4 members (excludes halogenated alkanes) is 1. The van der Waals surface area contributed by atoms with Crippen molar-refractivity contribution in [3.63, 3.8) is 0 Å². The summed E-state index contributed by atoms with van der Waals surface area (Å²) < 4.78 is 5.94. The molecule has 3 aromatic rings. The van der Waals surface area contributed by atoms with E-state index in [9.17, 15) is 14.7 Å². The molecule has 1 atom stereocenters. The number of ether oxygens (including phenoxy) is 1. The first-order chi connectivity index (χ1) is 16.9. The topological polar surface area (TPSA) is 66.8 Å². The van der Waals surface area contributed by atoms with Gasteiger partial charge in [-0.15, -0.1) is 0 Å². The van der Waals surface area contributed by atoms with E-state index in [-0.39, 0.29) is 11.3 Å². The molecule has 1 unspecified atom stereocenters. The number of amides is 1. The Labute approximate surface area is 210 Å². The number of benzene rings is 3. The zero-order valence-electron chi connectivity index (χ0n) is 19.8. The van der Waals surface area contributed by atoms with Crippen LogP contribution in [0.15, 0.2) is 78.4 Å². The Hall–Kier alpha value is -3.57. The van der Waals surface area contributed by atoms with Crippen molar-refractivity contribution in [3.05, 3.63) is 106 Å². The molecule has 1 heterocycles. The Morgan fingerprint density at radius 1 is 1.03 bits per heavy atom. The van der Waals surface area contributed by atoms with Crippen molar-refractivity contribution in [2.45, 2.75) is 39.3 Å². The minimum absolute atomic E-state index is 0.0887. The van der Waals surface area contributed by atoms with Gasteiger partial charge >= 0.3 is 0 Å². The lowest BCUT2D eigenvalue weighted by atomic mass is 9.94. The molecule has 5 nitrogen and oxygen atoms in total. The minimum atomic E-state index is -0.680. The highest BCUT2D eigenvalue weighted by molar-refractivity contribution is 6.46. The molecule has 0 radical (unpaired) electrons. The quantitative estimate of drug-likeness (QED) is 0.224. The Morgan fingerprint density at radius 3 is 2.40 bits per heavy atom. The molecular weight excluding hydrogens is 462 g/mol. The summed E-state index contributed by atoms with van der Waals surface area (Å²) in [5, 5.41) is 11.8. The van der Waals surface area contributed by atoms with E-state index in [1.165, 1.54) is 0 Å². The lowest BCUT2D eigenvalue weighted by Crippen LogP contribution is -2.30. The van der Waals surface area contributed by atoms with Crippen LogP contribution in [0.25, 0.3) is 5.76 Å². The molecule has 0 bridgehead atoms. The molecule has 6 heteroatoms. The smallest absolute Gasteiger partial charge is 0.295 e. The van der Waals surface area contributed by atoms with Gasteiger partial charge in [-0.05, 0) is 60.4 Å². The van der Waals surface area contributed by atoms with Gasteiger partial charge in [0.25, 0.3) is 11.7 Å². The Bertz CT molecular complexity index is 1250. The number of aliphatic hydroxyl groups is 1. The number of hydrogen-bond donors (Lipinski definition) is 1. The third kappa shape index (κ3) is 5.25. The molecule has 4 rings (SSSR count). The predicted molar refractivity (Wildman–Crippen MR) is 137 cm³/mol. The van der Waals surface area contributed by atoms with Crippen molar-refractivity contribution in [1.82, 2.24) is 4.90 Å². The number of aliphatic hydroxyl groups excluding tert-OH is 1. The number of nitrogens with zero attached hydrogens (tertiary/aromatic N) is 1. The average Bonchev–Trinajstić information content (AvgIpc) is 3.12. The first-order valence-corrected chi connectivity index (χ1v) is 12.1. The van der Waals surface area contributed by atoms with Gasteiger partial charge in [0.1, 0.15) is 18.1 Å². The van der Waals surface area contributed by atoms with Crippen LogP contribution < -0.4 is 4.74 Å². The molecule has 1 aliphatic rings. The van der Waals surface area contributed by atoms with Crippen LogP contribution in [-0.4, -0.2) is 28.2 Å². The molecule has 3 aromatic carbocycles. The monoisotopic (exact) mass is 489 g/mol. The normalized spacial score (nSPS) is 17.1. The van der Waals surface area contributed by atoms with E-state index >= 15 is 0 Å². The molecule has 1 aliphatic heterocycles. The van der Waals surface area contributed by atoms with Crippen LogP contribution in [0.1, 0.15) is 48.1 Å². The highest BCUT2D eigenvalue weighted by atomic mass is 35.5. The number of aryl methyl sites for hydroxylation is 1. The maximum Gasteiger partial charge on any atom is 0.295 e. The molecule has 0 spiro atoms. The molecule has 0 saturated carbocycles.